The van der Waals surface area contributed by atoms with Crippen LogP contribution in [0, 0.1) is 0 Å². The van der Waals surface area contributed by atoms with Gasteiger partial charge >= 0.3 is 0 Å². The molecule has 0 aromatic carbocycles. The highest BCUT2D eigenvalue weighted by Crippen LogP contribution is 2.39. The standard InChI is InChI=1S/C22H42Cl2N2O4S2/c23-8-12-26(13-9-24)11-4-15-29-17-19-30-18-16-28-14-3-10-25-22(27)6-2-1-5-21-7-20-31-32-21/h21H,1-20H2,(H,25,27)/t21-/m1/s1. The van der Waals surface area contributed by atoms with Crippen LogP contribution in [0.15, 0.2) is 0 Å². The van der Waals surface area contributed by atoms with E-state index in [1.165, 1.54) is 18.6 Å². The molecule has 0 aliphatic carbocycles. The van der Waals surface area contributed by atoms with Crippen LogP contribution in [0.3, 0.4) is 0 Å². The van der Waals surface area contributed by atoms with E-state index in [-0.39, 0.29) is 5.91 Å². The molecule has 10 heteroatoms. The Labute approximate surface area is 212 Å². The summed E-state index contributed by atoms with van der Waals surface area (Å²) >= 11 is 11.6. The number of nitrogens with zero attached hydrogens (tertiary/aromatic N) is 1. The van der Waals surface area contributed by atoms with Crippen molar-refractivity contribution >= 4 is 50.7 Å². The minimum Gasteiger partial charge on any atom is -0.379 e. The zero-order valence-electron chi connectivity index (χ0n) is 19.4. The molecule has 0 aromatic heterocycles. The Kier molecular flexibility index (Phi) is 22.3. The Morgan fingerprint density at radius 3 is 2.16 bits per heavy atom. The molecular weight excluding hydrogens is 491 g/mol. The Hall–Kier alpha value is 0.590. The Morgan fingerprint density at radius 1 is 0.875 bits per heavy atom. The molecule has 0 aromatic rings. The van der Waals surface area contributed by atoms with Crippen LogP contribution in [0.25, 0.3) is 0 Å². The minimum atomic E-state index is 0.160. The van der Waals surface area contributed by atoms with Crippen molar-refractivity contribution in [3.63, 3.8) is 0 Å². The van der Waals surface area contributed by atoms with E-state index in [9.17, 15) is 4.79 Å². The van der Waals surface area contributed by atoms with E-state index in [1.807, 2.05) is 21.6 Å². The van der Waals surface area contributed by atoms with Gasteiger partial charge in [-0.15, -0.1) is 23.2 Å². The van der Waals surface area contributed by atoms with Gasteiger partial charge in [0.2, 0.25) is 5.91 Å². The predicted octanol–water partition coefficient (Wildman–Crippen LogP) is 4.43. The summed E-state index contributed by atoms with van der Waals surface area (Å²) in [6, 6.07) is 0. The first-order valence-corrected chi connectivity index (χ1v) is 15.3. The van der Waals surface area contributed by atoms with E-state index in [1.54, 1.807) is 0 Å². The molecule has 0 spiro atoms. The van der Waals surface area contributed by atoms with Crippen LogP contribution in [-0.4, -0.2) is 99.4 Å². The molecular formula is C22H42Cl2N2O4S2. The van der Waals surface area contributed by atoms with Crippen molar-refractivity contribution in [2.24, 2.45) is 0 Å². The molecule has 1 heterocycles. The molecule has 0 radical (unpaired) electrons. The van der Waals surface area contributed by atoms with E-state index >= 15 is 0 Å². The average molecular weight is 534 g/mol. The quantitative estimate of drug-likeness (QED) is 0.119. The van der Waals surface area contributed by atoms with Gasteiger partial charge in [0.1, 0.15) is 0 Å². The molecule has 1 saturated heterocycles. The summed E-state index contributed by atoms with van der Waals surface area (Å²) in [4.78, 5) is 14.1. The van der Waals surface area contributed by atoms with Crippen molar-refractivity contribution in [3.8, 4) is 0 Å². The van der Waals surface area contributed by atoms with Gasteiger partial charge in [-0.25, -0.2) is 0 Å². The second-order valence-corrected chi connectivity index (χ2v) is 11.2. The zero-order valence-corrected chi connectivity index (χ0v) is 22.5. The summed E-state index contributed by atoms with van der Waals surface area (Å²) in [5.41, 5.74) is 0. The molecule has 0 unspecified atom stereocenters. The largest absolute Gasteiger partial charge is 0.379 e. The lowest BCUT2D eigenvalue weighted by Crippen LogP contribution is -2.29. The highest BCUT2D eigenvalue weighted by molar-refractivity contribution is 8.77. The average Bonchev–Trinajstić information content (AvgIpc) is 3.31. The van der Waals surface area contributed by atoms with Crippen LogP contribution in [0.1, 0.15) is 44.9 Å². The van der Waals surface area contributed by atoms with Gasteiger partial charge in [0, 0.05) is 68.6 Å². The predicted molar refractivity (Wildman–Crippen MR) is 140 cm³/mol. The van der Waals surface area contributed by atoms with Crippen molar-refractivity contribution in [1.82, 2.24) is 10.2 Å². The second kappa shape index (κ2) is 23.3. The molecule has 1 aliphatic heterocycles. The van der Waals surface area contributed by atoms with Crippen LogP contribution in [0.2, 0.25) is 0 Å². The van der Waals surface area contributed by atoms with Gasteiger partial charge in [0.15, 0.2) is 0 Å². The monoisotopic (exact) mass is 532 g/mol. The summed E-state index contributed by atoms with van der Waals surface area (Å²) in [7, 11) is 3.99. The number of carbonyl (C=O) groups excluding carboxylic acids is 1. The molecule has 0 saturated carbocycles. The summed E-state index contributed by atoms with van der Waals surface area (Å²) in [5.74, 6) is 2.69. The summed E-state index contributed by atoms with van der Waals surface area (Å²) in [6.45, 7) is 7.00. The number of hydrogen-bond donors (Lipinski definition) is 1. The Morgan fingerprint density at radius 2 is 1.53 bits per heavy atom. The van der Waals surface area contributed by atoms with Crippen molar-refractivity contribution in [3.05, 3.63) is 0 Å². The normalized spacial score (nSPS) is 16.2. The minimum absolute atomic E-state index is 0.160. The number of ether oxygens (including phenoxy) is 3. The van der Waals surface area contributed by atoms with Crippen molar-refractivity contribution in [1.29, 1.82) is 0 Å². The van der Waals surface area contributed by atoms with E-state index in [0.29, 0.717) is 64.4 Å². The van der Waals surface area contributed by atoms with E-state index < -0.39 is 0 Å². The molecule has 32 heavy (non-hydrogen) atoms. The van der Waals surface area contributed by atoms with Crippen molar-refractivity contribution in [2.75, 3.05) is 83.3 Å². The first-order valence-electron chi connectivity index (χ1n) is 11.9. The number of hydrogen-bond acceptors (Lipinski definition) is 7. The van der Waals surface area contributed by atoms with Crippen molar-refractivity contribution in [2.45, 2.75) is 50.2 Å². The number of alkyl halides is 2. The third-order valence-corrected chi connectivity index (χ3v) is 8.35. The van der Waals surface area contributed by atoms with Gasteiger partial charge < -0.3 is 24.4 Å². The highest BCUT2D eigenvalue weighted by atomic mass is 35.5. The maximum atomic E-state index is 11.8. The number of carbonyl (C=O) groups is 1. The van der Waals surface area contributed by atoms with Gasteiger partial charge in [-0.1, -0.05) is 28.0 Å². The SMILES string of the molecule is O=C(CCCC[C@@H]1CCSS1)NCCCOCCOCCOCCCN(CCCl)CCCl. The van der Waals surface area contributed by atoms with Crippen LogP contribution in [-0.2, 0) is 19.0 Å². The van der Waals surface area contributed by atoms with Gasteiger partial charge in [-0.3, -0.25) is 4.79 Å². The zero-order chi connectivity index (χ0) is 23.1. The fourth-order valence-electron chi connectivity index (χ4n) is 3.22. The van der Waals surface area contributed by atoms with Crippen LogP contribution in [0.4, 0.5) is 0 Å². The molecule has 1 amide bonds. The lowest BCUT2D eigenvalue weighted by Gasteiger charge is -2.19. The maximum Gasteiger partial charge on any atom is 0.219 e. The third-order valence-electron chi connectivity index (χ3n) is 5.00. The number of halogens is 2. The molecule has 6 nitrogen and oxygen atoms in total. The third kappa shape index (κ3) is 19.0. The summed E-state index contributed by atoms with van der Waals surface area (Å²) < 4.78 is 16.6. The fourth-order valence-corrected chi connectivity index (χ4v) is 6.72. The van der Waals surface area contributed by atoms with Crippen LogP contribution < -0.4 is 5.32 Å². The molecule has 1 rings (SSSR count). The van der Waals surface area contributed by atoms with E-state index in [4.69, 9.17) is 37.4 Å². The molecule has 1 N–H and O–H groups in total. The molecule has 1 aliphatic rings. The van der Waals surface area contributed by atoms with Crippen LogP contribution in [0.5, 0.6) is 0 Å². The first-order chi connectivity index (χ1) is 15.8. The Bertz CT molecular complexity index is 431. The van der Waals surface area contributed by atoms with E-state index in [2.05, 4.69) is 10.2 Å². The second-order valence-electron chi connectivity index (χ2n) is 7.69. The number of rotatable bonds is 23. The Balaban J connectivity index is 1.74. The maximum absolute atomic E-state index is 11.8. The fraction of sp³-hybridized carbons (Fsp3) is 0.955. The van der Waals surface area contributed by atoms with Crippen LogP contribution >= 0.6 is 44.8 Å². The van der Waals surface area contributed by atoms with Gasteiger partial charge in [0.05, 0.1) is 26.4 Å². The number of unbranched alkanes of at least 4 members (excludes halogenated alkanes) is 1. The van der Waals surface area contributed by atoms with Gasteiger partial charge in [0.25, 0.3) is 0 Å². The lowest BCUT2D eigenvalue weighted by atomic mass is 10.1. The van der Waals surface area contributed by atoms with Crippen molar-refractivity contribution < 1.29 is 19.0 Å². The number of nitrogens with one attached hydrogen (secondary N) is 1. The number of amides is 1. The lowest BCUT2D eigenvalue weighted by molar-refractivity contribution is -0.121. The summed E-state index contributed by atoms with van der Waals surface area (Å²) in [6.07, 6.45) is 7.15. The van der Waals surface area contributed by atoms with E-state index in [0.717, 1.165) is 50.6 Å². The summed E-state index contributed by atoms with van der Waals surface area (Å²) in [5, 5.41) is 3.78. The molecule has 1 fully saturated rings. The van der Waals surface area contributed by atoms with Gasteiger partial charge in [-0.05, 0) is 32.1 Å². The van der Waals surface area contributed by atoms with Gasteiger partial charge in [-0.2, -0.15) is 0 Å². The molecule has 0 bridgehead atoms. The molecule has 1 atom stereocenters. The smallest absolute Gasteiger partial charge is 0.219 e. The first kappa shape index (κ1) is 30.6. The highest BCUT2D eigenvalue weighted by Gasteiger charge is 2.15. The molecule has 190 valence electrons. The topological polar surface area (TPSA) is 60.0 Å².